The van der Waals surface area contributed by atoms with Gasteiger partial charge in [0.25, 0.3) is 5.97 Å². The number of alkyl carbamates (subject to hydrolysis) is 1. The van der Waals surface area contributed by atoms with E-state index >= 15 is 0 Å². The van der Waals surface area contributed by atoms with Crippen molar-refractivity contribution in [2.24, 2.45) is 23.2 Å². The number of aliphatic hydroxyl groups excluding tert-OH is 9. The molecule has 96 heavy (non-hydrogen) atoms. The van der Waals surface area contributed by atoms with E-state index in [4.69, 9.17) is 42.6 Å². The van der Waals surface area contributed by atoms with Crippen LogP contribution in [-0.4, -0.2) is 239 Å². The zero-order chi connectivity index (χ0) is 70.7. The van der Waals surface area contributed by atoms with Crippen LogP contribution < -0.4 is 16.0 Å². The number of unbranched alkanes of at least 4 members (excludes halogenated alkanes) is 12. The fraction of sp³-hybridized carbons (Fsp3) is 0.912. The van der Waals surface area contributed by atoms with Crippen LogP contribution in [0.15, 0.2) is 0 Å². The van der Waals surface area contributed by atoms with E-state index in [1.807, 2.05) is 0 Å². The molecule has 0 aliphatic carbocycles. The Morgan fingerprint density at radius 1 is 0.417 bits per heavy atom. The predicted molar refractivity (Wildman–Crippen MR) is 349 cm³/mol. The van der Waals surface area contributed by atoms with Crippen LogP contribution in [0.5, 0.6) is 0 Å². The third kappa shape index (κ3) is 34.5. The van der Waals surface area contributed by atoms with Gasteiger partial charge < -0.3 is 110 Å². The Bertz CT molecular complexity index is 2040. The highest BCUT2D eigenvalue weighted by molar-refractivity contribution is 5.78. The van der Waals surface area contributed by atoms with Crippen LogP contribution in [0, 0.1) is 23.2 Å². The van der Waals surface area contributed by atoms with Gasteiger partial charge in [-0.1, -0.05) is 85.5 Å². The first kappa shape index (κ1) is 86.4. The molecule has 3 aliphatic heterocycles. The fourth-order valence-corrected chi connectivity index (χ4v) is 12.0. The first-order valence-corrected chi connectivity index (χ1v) is 35.8. The molecule has 0 radical (unpaired) electrons. The molecule has 15 unspecified atom stereocenters. The van der Waals surface area contributed by atoms with E-state index in [2.05, 4.69) is 22.9 Å². The molecule has 0 aromatic heterocycles. The Morgan fingerprint density at radius 3 is 1.24 bits per heavy atom. The molecule has 13 N–H and O–H groups in total. The second-order valence-corrected chi connectivity index (χ2v) is 26.7. The third-order valence-corrected chi connectivity index (χ3v) is 18.5. The van der Waals surface area contributed by atoms with Gasteiger partial charge in [0.05, 0.1) is 83.7 Å². The average molecular weight is 1380 g/mol. The normalized spacial score (nSPS) is 27.3. The quantitative estimate of drug-likeness (QED) is 0.0178. The minimum atomic E-state index is -2.20. The van der Waals surface area contributed by atoms with Crippen LogP contribution in [0.2, 0.25) is 0 Å². The van der Waals surface area contributed by atoms with Gasteiger partial charge in [-0.3, -0.25) is 24.0 Å². The summed E-state index contributed by atoms with van der Waals surface area (Å²) in [5.74, 6) is -4.85. The molecule has 3 amide bonds. The second-order valence-electron chi connectivity index (χ2n) is 26.7. The minimum Gasteiger partial charge on any atom is -0.466 e. The molecule has 0 aromatic carbocycles. The number of rotatable bonds is 54. The topological polar surface area (TPSA) is 424 Å². The van der Waals surface area contributed by atoms with E-state index in [1.54, 1.807) is 13.8 Å². The number of carbonyl (C=O) groups is 6. The molecule has 3 fully saturated rings. The van der Waals surface area contributed by atoms with E-state index < -0.39 is 117 Å². The lowest BCUT2D eigenvalue weighted by molar-refractivity contribution is -0.438. The Balaban J connectivity index is 1.27. The zero-order valence-corrected chi connectivity index (χ0v) is 57.9. The number of hydrogen-bond acceptors (Lipinski definition) is 25. The number of ether oxygens (including phenoxy) is 9. The van der Waals surface area contributed by atoms with Gasteiger partial charge in [0, 0.05) is 70.0 Å². The van der Waals surface area contributed by atoms with Gasteiger partial charge >= 0.3 is 18.0 Å². The second kappa shape index (κ2) is 49.7. The average Bonchev–Trinajstić information content (AvgIpc) is 0.801. The van der Waals surface area contributed by atoms with E-state index in [9.17, 15) is 79.8 Å². The van der Waals surface area contributed by atoms with Crippen molar-refractivity contribution in [3.63, 3.8) is 0 Å². The number of amides is 3. The number of esters is 2. The summed E-state index contributed by atoms with van der Waals surface area (Å²) in [7, 11) is 0. The molecule has 0 spiro atoms. The lowest BCUT2D eigenvalue weighted by atomic mass is 9.77. The first-order chi connectivity index (χ1) is 46.0. The first-order valence-electron chi connectivity index (χ1n) is 35.8. The third-order valence-electron chi connectivity index (χ3n) is 18.5. The highest BCUT2D eigenvalue weighted by Crippen LogP contribution is 2.36. The van der Waals surface area contributed by atoms with Gasteiger partial charge in [-0.25, -0.2) is 4.79 Å². The SMILES string of the molecule is CC1C(OCCCC(=O)NCCCCCCCC(=O)OCCCC(C)(CCCOC(=O)CCCCCCCNC(=O)CCCOC2OC(CO)C(O)C(O)C2C)CCCOC(=O)NCCCCCCCC(=O)CCCOC2(O)OC(CO)C(O)C(O)C2C)OC(CO)C(O)C1O. The largest absolute Gasteiger partial charge is 0.466 e. The van der Waals surface area contributed by atoms with Gasteiger partial charge in [-0.2, -0.15) is 0 Å². The smallest absolute Gasteiger partial charge is 0.407 e. The molecule has 0 bridgehead atoms. The van der Waals surface area contributed by atoms with Crippen molar-refractivity contribution in [3.8, 4) is 0 Å². The van der Waals surface area contributed by atoms with Gasteiger partial charge in [0.15, 0.2) is 12.6 Å². The van der Waals surface area contributed by atoms with Crippen molar-refractivity contribution in [1.29, 1.82) is 0 Å². The Labute approximate surface area is 568 Å². The molecule has 0 saturated carbocycles. The number of aliphatic hydroxyl groups is 10. The molecule has 3 saturated heterocycles. The zero-order valence-electron chi connectivity index (χ0n) is 57.9. The van der Waals surface area contributed by atoms with E-state index in [0.29, 0.717) is 96.7 Å². The van der Waals surface area contributed by atoms with Crippen molar-refractivity contribution < 1.29 is 122 Å². The van der Waals surface area contributed by atoms with E-state index in [1.165, 1.54) is 6.92 Å². The van der Waals surface area contributed by atoms with Crippen LogP contribution in [0.25, 0.3) is 0 Å². The van der Waals surface area contributed by atoms with Crippen molar-refractivity contribution in [2.75, 3.05) is 79.1 Å². The molecule has 28 nitrogen and oxygen atoms in total. The standard InChI is InChI=1S/C68H123N3O25/c1-47-58(80)61(83)51(44-72)94-64(47)90-38-21-28-54(76)69-35-17-11-6-9-15-30-56(78)88-40-23-32-67(4,33-24-41-89-57(79)31-16-10-7-12-18-36-70-55(77)29-22-39-91-65-48(2)59(81)62(84)52(45-73)95-65)34-25-42-92-66(86)71-37-19-13-5-8-14-26-50(75)27-20-43-93-68(87)49(3)60(82)63(85)53(46-74)96-68/h47-49,51-53,58-65,72-74,80-85,87H,5-46H2,1-4H3,(H,69,76)(H,70,77)(H,71,86). The number of nitrogens with one attached hydrogen (secondary N) is 3. The van der Waals surface area contributed by atoms with Crippen LogP contribution in [0.3, 0.4) is 0 Å². The number of carbonyl (C=O) groups excluding carboxylic acids is 6. The summed E-state index contributed by atoms with van der Waals surface area (Å²) in [4.78, 5) is 75.0. The van der Waals surface area contributed by atoms with E-state index in [-0.39, 0.29) is 93.9 Å². The lowest BCUT2D eigenvalue weighted by Crippen LogP contribution is -2.62. The van der Waals surface area contributed by atoms with Crippen molar-refractivity contribution in [1.82, 2.24) is 16.0 Å². The van der Waals surface area contributed by atoms with Crippen molar-refractivity contribution in [2.45, 2.75) is 294 Å². The molecular formula is C68H123N3O25. The molecular weight excluding hydrogens is 1260 g/mol. The highest BCUT2D eigenvalue weighted by atomic mass is 16.8. The van der Waals surface area contributed by atoms with Crippen LogP contribution in [0.4, 0.5) is 4.79 Å². The maximum atomic E-state index is 12.7. The Kier molecular flexibility index (Phi) is 44.7. The van der Waals surface area contributed by atoms with Crippen molar-refractivity contribution >= 4 is 35.6 Å². The maximum absolute atomic E-state index is 12.7. The number of hydrogen-bond donors (Lipinski definition) is 13. The molecule has 3 rings (SSSR count). The van der Waals surface area contributed by atoms with Crippen LogP contribution >= 0.6 is 0 Å². The molecule has 560 valence electrons. The summed E-state index contributed by atoms with van der Waals surface area (Å²) >= 11 is 0. The molecule has 15 atom stereocenters. The van der Waals surface area contributed by atoms with Gasteiger partial charge in [-0.05, 0) is 102 Å². The van der Waals surface area contributed by atoms with Gasteiger partial charge in [0.1, 0.15) is 42.4 Å². The summed E-state index contributed by atoms with van der Waals surface area (Å²) in [6.07, 6.45) is 6.80. The number of ketones is 1. The summed E-state index contributed by atoms with van der Waals surface area (Å²) < 4.78 is 50.0. The van der Waals surface area contributed by atoms with Gasteiger partial charge in [0.2, 0.25) is 11.8 Å². The maximum Gasteiger partial charge on any atom is 0.407 e. The van der Waals surface area contributed by atoms with Crippen LogP contribution in [-0.2, 0) is 66.6 Å². The summed E-state index contributed by atoms with van der Waals surface area (Å²) in [5.41, 5.74) is -0.217. The molecule has 0 aromatic rings. The van der Waals surface area contributed by atoms with Crippen molar-refractivity contribution in [3.05, 3.63) is 0 Å². The monoisotopic (exact) mass is 1380 g/mol. The molecule has 3 aliphatic rings. The fourth-order valence-electron chi connectivity index (χ4n) is 12.0. The summed E-state index contributed by atoms with van der Waals surface area (Å²) in [6, 6.07) is 0. The van der Waals surface area contributed by atoms with Crippen LogP contribution in [0.1, 0.15) is 220 Å². The predicted octanol–water partition coefficient (Wildman–Crippen LogP) is 3.90. The van der Waals surface area contributed by atoms with Gasteiger partial charge in [-0.15, -0.1) is 0 Å². The summed E-state index contributed by atoms with van der Waals surface area (Å²) in [5, 5.41) is 108. The Hall–Kier alpha value is -3.82. The minimum absolute atomic E-state index is 0.0182. The molecule has 28 heteroatoms. The number of Topliss-reactive ketones (excluding diaryl/α,β-unsaturated/α-hetero) is 1. The highest BCUT2D eigenvalue weighted by Gasteiger charge is 2.52. The Morgan fingerprint density at radius 2 is 0.792 bits per heavy atom. The summed E-state index contributed by atoms with van der Waals surface area (Å²) in [6.45, 7) is 8.12. The molecule has 3 heterocycles. The lowest BCUT2D eigenvalue weighted by Gasteiger charge is -2.45. The van der Waals surface area contributed by atoms with E-state index in [0.717, 1.165) is 96.3 Å².